The van der Waals surface area contributed by atoms with Crippen molar-refractivity contribution in [2.75, 3.05) is 5.32 Å². The molecular formula is C21H14Cl2F3N7. The van der Waals surface area contributed by atoms with Gasteiger partial charge in [0, 0.05) is 23.5 Å². The van der Waals surface area contributed by atoms with Crippen LogP contribution in [0.15, 0.2) is 60.7 Å². The minimum absolute atomic E-state index is 0.184. The maximum absolute atomic E-state index is 13.5. The predicted octanol–water partition coefficient (Wildman–Crippen LogP) is 5.63. The Hall–Kier alpha value is -3.37. The average molecular weight is 492 g/mol. The van der Waals surface area contributed by atoms with Gasteiger partial charge in [0.1, 0.15) is 18.2 Å². The molecule has 0 unspecified atom stereocenters. The van der Waals surface area contributed by atoms with Crippen LogP contribution in [0.2, 0.25) is 10.0 Å². The van der Waals surface area contributed by atoms with E-state index in [1.165, 1.54) is 15.7 Å². The largest absolute Gasteiger partial charge is 0.435 e. The van der Waals surface area contributed by atoms with E-state index in [2.05, 4.69) is 25.5 Å². The number of benzene rings is 1. The highest BCUT2D eigenvalue weighted by molar-refractivity contribution is 6.42. The van der Waals surface area contributed by atoms with Crippen LogP contribution in [0.1, 0.15) is 30.0 Å². The number of aromatic nitrogens is 6. The third-order valence-corrected chi connectivity index (χ3v) is 5.92. The van der Waals surface area contributed by atoms with Crippen LogP contribution in [-0.2, 0) is 6.18 Å². The number of allylic oxidation sites excluding steroid dienone is 2. The van der Waals surface area contributed by atoms with E-state index in [4.69, 9.17) is 23.2 Å². The van der Waals surface area contributed by atoms with Gasteiger partial charge in [-0.1, -0.05) is 35.3 Å². The van der Waals surface area contributed by atoms with Crippen LogP contribution in [0.4, 0.5) is 19.0 Å². The minimum Gasteiger partial charge on any atom is -0.344 e. The van der Waals surface area contributed by atoms with Crippen molar-refractivity contribution in [1.82, 2.24) is 29.5 Å². The number of halogens is 5. The quantitative estimate of drug-likeness (QED) is 0.402. The van der Waals surface area contributed by atoms with E-state index in [-0.39, 0.29) is 10.8 Å². The lowest BCUT2D eigenvalue weighted by Crippen LogP contribution is -2.25. The Balaban J connectivity index is 1.74. The Labute approximate surface area is 195 Å². The normalized spacial score (nSPS) is 16.0. The number of fused-ring (bicyclic) bond motifs is 1. The van der Waals surface area contributed by atoms with E-state index < -0.39 is 17.9 Å². The van der Waals surface area contributed by atoms with Gasteiger partial charge in [-0.3, -0.25) is 0 Å². The standard InChI is InChI=1S/C21H14Cl2F3N7/c1-11-18(20-28-10-29-33(20)16-4-2-3-7-27-16)19(12-5-6-13(22)14(23)8-12)32-17(30-11)9-15(31-32)21(24,25)26/h2-10,19,30H,1H3/t19-/m1/s1. The van der Waals surface area contributed by atoms with E-state index in [1.807, 2.05) is 0 Å². The smallest absolute Gasteiger partial charge is 0.344 e. The lowest BCUT2D eigenvalue weighted by molar-refractivity contribution is -0.141. The SMILES string of the molecule is CC1=C(c2ncnn2-c2ccccn2)[C@@H](c2ccc(Cl)c(Cl)c2)n2nc(C(F)(F)F)cc2N1. The number of nitrogens with zero attached hydrogens (tertiary/aromatic N) is 6. The van der Waals surface area contributed by atoms with Crippen molar-refractivity contribution in [3.8, 4) is 5.82 Å². The molecule has 0 saturated heterocycles. The van der Waals surface area contributed by atoms with Crippen LogP contribution in [0, 0.1) is 0 Å². The van der Waals surface area contributed by atoms with E-state index in [0.29, 0.717) is 33.5 Å². The molecule has 1 atom stereocenters. The van der Waals surface area contributed by atoms with E-state index >= 15 is 0 Å². The van der Waals surface area contributed by atoms with E-state index in [9.17, 15) is 13.2 Å². The molecule has 0 radical (unpaired) electrons. The molecule has 168 valence electrons. The molecule has 33 heavy (non-hydrogen) atoms. The van der Waals surface area contributed by atoms with Crippen LogP contribution in [0.5, 0.6) is 0 Å². The summed E-state index contributed by atoms with van der Waals surface area (Å²) in [7, 11) is 0. The zero-order chi connectivity index (χ0) is 23.3. The molecule has 0 amide bonds. The molecule has 0 saturated carbocycles. The predicted molar refractivity (Wildman–Crippen MR) is 117 cm³/mol. The van der Waals surface area contributed by atoms with Crippen molar-refractivity contribution in [3.63, 3.8) is 0 Å². The average Bonchev–Trinajstić information content (AvgIpc) is 3.42. The second-order valence-electron chi connectivity index (χ2n) is 7.28. The summed E-state index contributed by atoms with van der Waals surface area (Å²) in [5, 5.41) is 11.8. The number of alkyl halides is 3. The fourth-order valence-electron chi connectivity index (χ4n) is 3.76. The lowest BCUT2D eigenvalue weighted by Gasteiger charge is -2.30. The summed E-state index contributed by atoms with van der Waals surface area (Å²) < 4.78 is 43.2. The van der Waals surface area contributed by atoms with Crippen molar-refractivity contribution in [3.05, 3.63) is 87.8 Å². The van der Waals surface area contributed by atoms with Gasteiger partial charge in [0.2, 0.25) is 0 Å². The van der Waals surface area contributed by atoms with Gasteiger partial charge in [0.15, 0.2) is 17.3 Å². The molecule has 12 heteroatoms. The number of anilines is 1. The van der Waals surface area contributed by atoms with E-state index in [0.717, 1.165) is 6.07 Å². The van der Waals surface area contributed by atoms with Crippen molar-refractivity contribution < 1.29 is 13.2 Å². The summed E-state index contributed by atoms with van der Waals surface area (Å²) in [4.78, 5) is 8.72. The Bertz CT molecular complexity index is 1380. The van der Waals surface area contributed by atoms with Gasteiger partial charge in [0.25, 0.3) is 0 Å². The highest BCUT2D eigenvalue weighted by atomic mass is 35.5. The molecule has 1 N–H and O–H groups in total. The van der Waals surface area contributed by atoms with E-state index in [1.54, 1.807) is 49.5 Å². The Morgan fingerprint density at radius 3 is 2.55 bits per heavy atom. The summed E-state index contributed by atoms with van der Waals surface area (Å²) in [6.07, 6.45) is -1.65. The summed E-state index contributed by atoms with van der Waals surface area (Å²) in [5.74, 6) is 1.08. The third kappa shape index (κ3) is 3.75. The fourth-order valence-corrected chi connectivity index (χ4v) is 4.07. The number of hydrogen-bond donors (Lipinski definition) is 1. The highest BCUT2D eigenvalue weighted by Gasteiger charge is 2.39. The van der Waals surface area contributed by atoms with Gasteiger partial charge in [0.05, 0.1) is 10.0 Å². The molecule has 4 heterocycles. The summed E-state index contributed by atoms with van der Waals surface area (Å²) in [6.45, 7) is 1.75. The van der Waals surface area contributed by atoms with Crippen molar-refractivity contribution in [2.24, 2.45) is 0 Å². The fraction of sp³-hybridized carbons (Fsp3) is 0.143. The Morgan fingerprint density at radius 2 is 1.85 bits per heavy atom. The maximum atomic E-state index is 13.5. The van der Waals surface area contributed by atoms with Gasteiger partial charge in [-0.2, -0.15) is 28.1 Å². The molecule has 1 aliphatic heterocycles. The summed E-state index contributed by atoms with van der Waals surface area (Å²) in [5.41, 5.74) is 0.697. The van der Waals surface area contributed by atoms with Crippen LogP contribution in [-0.4, -0.2) is 29.5 Å². The first-order valence-corrected chi connectivity index (χ1v) is 10.4. The van der Waals surface area contributed by atoms with Gasteiger partial charge < -0.3 is 5.32 Å². The van der Waals surface area contributed by atoms with Gasteiger partial charge >= 0.3 is 6.18 Å². The molecule has 1 aliphatic rings. The first-order valence-electron chi connectivity index (χ1n) is 9.65. The van der Waals surface area contributed by atoms with Crippen molar-refractivity contribution in [1.29, 1.82) is 0 Å². The van der Waals surface area contributed by atoms with Crippen molar-refractivity contribution >= 4 is 34.6 Å². The topological polar surface area (TPSA) is 73.5 Å². The van der Waals surface area contributed by atoms with Crippen LogP contribution >= 0.6 is 23.2 Å². The van der Waals surface area contributed by atoms with Gasteiger partial charge in [-0.15, -0.1) is 0 Å². The number of rotatable bonds is 3. The zero-order valence-electron chi connectivity index (χ0n) is 16.8. The second-order valence-corrected chi connectivity index (χ2v) is 8.09. The highest BCUT2D eigenvalue weighted by Crippen LogP contribution is 2.43. The molecule has 0 fully saturated rings. The Morgan fingerprint density at radius 1 is 1.03 bits per heavy atom. The van der Waals surface area contributed by atoms with Gasteiger partial charge in [-0.25, -0.2) is 14.6 Å². The molecule has 3 aromatic heterocycles. The number of nitrogens with one attached hydrogen (secondary N) is 1. The van der Waals surface area contributed by atoms with Crippen LogP contribution < -0.4 is 5.32 Å². The molecule has 1 aromatic carbocycles. The number of hydrogen-bond acceptors (Lipinski definition) is 5. The summed E-state index contributed by atoms with van der Waals surface area (Å²) >= 11 is 12.3. The molecule has 4 aromatic rings. The number of pyridine rings is 1. The first-order chi connectivity index (χ1) is 15.7. The molecular weight excluding hydrogens is 478 g/mol. The third-order valence-electron chi connectivity index (χ3n) is 5.18. The monoisotopic (exact) mass is 491 g/mol. The van der Waals surface area contributed by atoms with Gasteiger partial charge in [-0.05, 0) is 36.8 Å². The minimum atomic E-state index is -4.61. The molecule has 0 aliphatic carbocycles. The lowest BCUT2D eigenvalue weighted by atomic mass is 9.95. The molecule has 0 bridgehead atoms. The first kappa shape index (κ1) is 21.5. The second kappa shape index (κ2) is 7.89. The summed E-state index contributed by atoms with van der Waals surface area (Å²) in [6, 6.07) is 10.4. The molecule has 7 nitrogen and oxygen atoms in total. The van der Waals surface area contributed by atoms with Crippen molar-refractivity contribution in [2.45, 2.75) is 19.1 Å². The maximum Gasteiger partial charge on any atom is 0.435 e. The zero-order valence-corrected chi connectivity index (χ0v) is 18.4. The molecule has 5 rings (SSSR count). The van der Waals surface area contributed by atoms with Crippen LogP contribution in [0.3, 0.4) is 0 Å². The van der Waals surface area contributed by atoms with Crippen LogP contribution in [0.25, 0.3) is 11.4 Å². The molecule has 0 spiro atoms. The Kier molecular flexibility index (Phi) is 5.13.